The van der Waals surface area contributed by atoms with E-state index in [2.05, 4.69) is 346 Å². The van der Waals surface area contributed by atoms with Crippen LogP contribution in [-0.2, 0) is 19.3 Å². The van der Waals surface area contributed by atoms with Crippen LogP contribution in [0.4, 0.5) is 0 Å². The monoisotopic (exact) mass is 1280 g/mol. The van der Waals surface area contributed by atoms with E-state index < -0.39 is 0 Å². The highest BCUT2D eigenvalue weighted by Gasteiger charge is 2.18. The molecule has 0 N–H and O–H groups in total. The molecule has 538 valence electrons. The molecule has 6 aromatic carbocycles. The first kappa shape index (κ1) is 112. The second-order valence-electron chi connectivity index (χ2n) is 21.0. The third-order valence-electron chi connectivity index (χ3n) is 10.6. The first-order valence-corrected chi connectivity index (χ1v) is 37.4. The summed E-state index contributed by atoms with van der Waals surface area (Å²) in [5.41, 5.74) is 17.3. The summed E-state index contributed by atoms with van der Waals surface area (Å²) in [5, 5.41) is 0. The first-order chi connectivity index (χ1) is 44.3. The number of hydrogen-bond donors (Lipinski definition) is 0. The van der Waals surface area contributed by atoms with E-state index in [0.717, 1.165) is 45.4 Å². The lowest BCUT2D eigenvalue weighted by Gasteiger charge is -2.00. The van der Waals surface area contributed by atoms with Crippen LogP contribution in [0, 0.1) is 0 Å². The Hall–Kier alpha value is -4.84. The van der Waals surface area contributed by atoms with E-state index in [0.29, 0.717) is 0 Å². The van der Waals surface area contributed by atoms with Crippen molar-refractivity contribution >= 4 is 0 Å². The van der Waals surface area contributed by atoms with Crippen molar-refractivity contribution in [3.05, 3.63) is 179 Å². The molecule has 4 heteroatoms. The van der Waals surface area contributed by atoms with Crippen LogP contribution in [0.15, 0.2) is 146 Å². The topological polar surface area (TPSA) is 13.0 Å². The largest absolute Gasteiger partial charge is 0.310 e. The maximum Gasteiger partial charge on any atom is -0.00135 e. The van der Waals surface area contributed by atoms with Crippen molar-refractivity contribution in [2.24, 2.45) is 0 Å². The molecule has 0 fully saturated rings. The van der Waals surface area contributed by atoms with Gasteiger partial charge in [0.15, 0.2) is 0 Å². The summed E-state index contributed by atoms with van der Waals surface area (Å²) >= 11 is 0. The minimum Gasteiger partial charge on any atom is -0.310 e. The van der Waals surface area contributed by atoms with E-state index in [-0.39, 0.29) is 0 Å². The lowest BCUT2D eigenvalue weighted by Crippen LogP contribution is -2.08. The Morgan fingerprint density at radius 2 is 0.261 bits per heavy atom. The van der Waals surface area contributed by atoms with E-state index in [1.807, 2.05) is 83.1 Å². The van der Waals surface area contributed by atoms with Gasteiger partial charge in [-0.15, -0.1) is 0 Å². The average molecular weight is 1280 g/mol. The molecule has 0 saturated heterocycles. The zero-order valence-corrected chi connectivity index (χ0v) is 69.5. The molecule has 0 atom stereocenters. The second-order valence-corrected chi connectivity index (χ2v) is 21.0. The number of hydrogen-bond acceptors (Lipinski definition) is 4. The molecule has 3 aliphatic carbocycles. The second kappa shape index (κ2) is 94.9. The minimum atomic E-state index is 1.10. The van der Waals surface area contributed by atoms with Crippen LogP contribution in [0.3, 0.4) is 0 Å². The Bertz CT molecular complexity index is 1810. The van der Waals surface area contributed by atoms with Gasteiger partial charge in [-0.1, -0.05) is 398 Å². The van der Waals surface area contributed by atoms with Crippen LogP contribution >= 0.6 is 0 Å². The van der Waals surface area contributed by atoms with Gasteiger partial charge in [0.1, 0.15) is 0 Å². The van der Waals surface area contributed by atoms with Crippen LogP contribution in [0.25, 0.3) is 33.4 Å². The van der Waals surface area contributed by atoms with Gasteiger partial charge >= 0.3 is 0 Å². The molecular formula is C88H166N4. The number of fused-ring (bicyclic) bond motifs is 9. The number of benzene rings is 6. The van der Waals surface area contributed by atoms with E-state index in [1.165, 1.54) is 112 Å². The molecule has 0 aliphatic heterocycles. The molecule has 0 radical (unpaired) electrons. The highest BCUT2D eigenvalue weighted by Crippen LogP contribution is 2.37. The normalized spacial score (nSPS) is 9.07. The van der Waals surface area contributed by atoms with Gasteiger partial charge in [-0.05, 0) is 169 Å². The predicted octanol–water partition coefficient (Wildman–Crippen LogP) is 28.1. The Morgan fingerprint density at radius 3 is 0.337 bits per heavy atom. The van der Waals surface area contributed by atoms with Crippen LogP contribution in [0.1, 0.15) is 286 Å². The molecule has 0 amide bonds. The van der Waals surface area contributed by atoms with Crippen molar-refractivity contribution in [2.75, 3.05) is 82.6 Å². The Labute approximate surface area is 583 Å². The highest BCUT2D eigenvalue weighted by atomic mass is 15.1. The summed E-state index contributed by atoms with van der Waals surface area (Å²) in [7, 11) is 16.4. The molecule has 0 unspecified atom stereocenters. The molecular weight excluding hydrogens is 1110 g/mol. The van der Waals surface area contributed by atoms with Crippen LogP contribution in [0.2, 0.25) is 0 Å². The van der Waals surface area contributed by atoms with Crippen molar-refractivity contribution in [1.82, 2.24) is 19.6 Å². The minimum absolute atomic E-state index is 1.10. The molecule has 9 rings (SSSR count). The van der Waals surface area contributed by atoms with Crippen LogP contribution in [-0.4, -0.2) is 102 Å². The van der Waals surface area contributed by atoms with Crippen molar-refractivity contribution in [2.45, 2.75) is 272 Å². The molecule has 0 aromatic heterocycles. The van der Waals surface area contributed by atoms with Gasteiger partial charge in [-0.25, -0.2) is 0 Å². The molecule has 3 aliphatic rings. The number of nitrogens with zero attached hydrogens (tertiary/aromatic N) is 4. The van der Waals surface area contributed by atoms with E-state index in [1.54, 1.807) is 0 Å². The zero-order valence-electron chi connectivity index (χ0n) is 69.5. The van der Waals surface area contributed by atoms with Gasteiger partial charge in [-0.2, -0.15) is 0 Å². The fraction of sp³-hybridized carbons (Fsp3) is 0.591. The van der Waals surface area contributed by atoms with E-state index >= 15 is 0 Å². The van der Waals surface area contributed by atoms with Gasteiger partial charge in [0, 0.05) is 0 Å². The van der Waals surface area contributed by atoms with E-state index in [4.69, 9.17) is 0 Å². The molecule has 92 heavy (non-hydrogen) atoms. The highest BCUT2D eigenvalue weighted by molar-refractivity contribution is 5.78. The molecule has 6 aromatic rings. The van der Waals surface area contributed by atoms with Gasteiger partial charge in [0.25, 0.3) is 0 Å². The third-order valence-corrected chi connectivity index (χ3v) is 10.6. The Kier molecular flexibility index (Phi) is 115. The maximum absolute atomic E-state index is 2.22. The number of rotatable bonds is 4. The van der Waals surface area contributed by atoms with Gasteiger partial charge in [-0.3, -0.25) is 0 Å². The van der Waals surface area contributed by atoms with Crippen molar-refractivity contribution < 1.29 is 0 Å². The van der Waals surface area contributed by atoms with Gasteiger partial charge < -0.3 is 19.6 Å². The summed E-state index contributed by atoms with van der Waals surface area (Å²) in [6, 6.07) is 51.9. The van der Waals surface area contributed by atoms with Crippen molar-refractivity contribution in [1.29, 1.82) is 0 Å². The summed E-state index contributed by atoms with van der Waals surface area (Å²) in [4.78, 5) is 8.50. The molecule has 0 saturated carbocycles. The Balaban J connectivity index is -0.0000000880. The molecule has 0 bridgehead atoms. The van der Waals surface area contributed by atoms with Gasteiger partial charge in [0.2, 0.25) is 0 Å². The Morgan fingerprint density at radius 1 is 0.185 bits per heavy atom. The fourth-order valence-corrected chi connectivity index (χ4v) is 6.24. The lowest BCUT2D eigenvalue weighted by atomic mass is 10.1. The van der Waals surface area contributed by atoms with Crippen LogP contribution in [0.5, 0.6) is 0 Å². The van der Waals surface area contributed by atoms with Crippen molar-refractivity contribution in [3.8, 4) is 33.4 Å². The summed E-state index contributed by atoms with van der Waals surface area (Å²) in [5.74, 6) is 0. The maximum atomic E-state index is 2.22. The van der Waals surface area contributed by atoms with Gasteiger partial charge in [0.05, 0.1) is 0 Å². The zero-order chi connectivity index (χ0) is 74.1. The summed E-state index contributed by atoms with van der Waals surface area (Å²) < 4.78 is 0. The van der Waals surface area contributed by atoms with Crippen molar-refractivity contribution in [3.63, 3.8) is 0 Å². The molecule has 0 heterocycles. The molecule has 0 spiro atoms. The summed E-state index contributed by atoms with van der Waals surface area (Å²) in [6.45, 7) is 66.8. The SMILES string of the molecule is CC.CC.CC.CC.CC.CC.CCC.CCC.CCC.CCC.CCC.CCC.CCC.CCN(C)C.CCN(C)C.CCN(C)C.CCN(C)C.c1ccc2c(c1)Cc1ccccc1-2.c1ccc2c(c1)Cc1ccccc1-2.c1ccc2c(c1)Cc1ccccc1-2. The first-order valence-electron chi connectivity index (χ1n) is 37.4. The smallest absolute Gasteiger partial charge is 0.00135 e. The quantitative estimate of drug-likeness (QED) is 0.174. The average Bonchev–Trinajstić information content (AvgIpc) is 1.79. The third kappa shape index (κ3) is 69.5. The predicted molar refractivity (Wildman–Crippen MR) is 441 cm³/mol. The standard InChI is InChI=1S/3C13H10.4C4H11N.7C3H8.6C2H6/c3*1-3-7-12-10(5-1)9-11-6-2-4-8-13(11)12;4*1-4-5(2)3;7*1-3-2;6*1-2/h3*1-8H,9H2;4*4H2,1-3H3;7*3H2,1-2H3;6*1-2H3. The molecule has 4 nitrogen and oxygen atoms in total. The summed E-state index contributed by atoms with van der Waals surface area (Å²) in [6.07, 6.45) is 12.1. The van der Waals surface area contributed by atoms with Crippen LogP contribution < -0.4 is 0 Å². The van der Waals surface area contributed by atoms with E-state index in [9.17, 15) is 0 Å². The lowest BCUT2D eigenvalue weighted by molar-refractivity contribution is 0.434. The fourth-order valence-electron chi connectivity index (χ4n) is 6.24.